The average molecular weight is 275 g/mol. The predicted octanol–water partition coefficient (Wildman–Crippen LogP) is 2.47. The van der Waals surface area contributed by atoms with E-state index in [1.165, 1.54) is 0 Å². The number of hydrogen-bond acceptors (Lipinski definition) is 3. The molecule has 0 radical (unpaired) electrons. The van der Waals surface area contributed by atoms with Crippen molar-refractivity contribution < 1.29 is 14.7 Å². The van der Waals surface area contributed by atoms with Crippen molar-refractivity contribution in [3.05, 3.63) is 34.9 Å². The standard InChI is InChI=1S/C16H21NO3/c1-10-3-6-13(11(2)9-10)16(20)14(7-8-15(18)19)17-12-4-5-12/h3,6,9,12,14,17H,4-5,7-8H2,1-2H3,(H,18,19). The number of Topliss-reactive ketones (excluding diaryl/α,β-unsaturated/α-hetero) is 1. The molecule has 4 heteroatoms. The van der Waals surface area contributed by atoms with Gasteiger partial charge in [-0.15, -0.1) is 0 Å². The fourth-order valence-electron chi connectivity index (χ4n) is 2.37. The van der Waals surface area contributed by atoms with Gasteiger partial charge >= 0.3 is 5.97 Å². The van der Waals surface area contributed by atoms with Crippen molar-refractivity contribution in [1.29, 1.82) is 0 Å². The fraction of sp³-hybridized carbons (Fsp3) is 0.500. The van der Waals surface area contributed by atoms with Crippen LogP contribution in [0.4, 0.5) is 0 Å². The highest BCUT2D eigenvalue weighted by molar-refractivity contribution is 6.01. The van der Waals surface area contributed by atoms with Gasteiger partial charge in [0, 0.05) is 18.0 Å². The first-order chi connectivity index (χ1) is 9.47. The van der Waals surface area contributed by atoms with Crippen molar-refractivity contribution in [3.63, 3.8) is 0 Å². The predicted molar refractivity (Wildman–Crippen MR) is 77.1 cm³/mol. The highest BCUT2D eigenvalue weighted by atomic mass is 16.4. The van der Waals surface area contributed by atoms with E-state index in [0.717, 1.165) is 24.0 Å². The molecule has 0 aromatic heterocycles. The molecule has 1 fully saturated rings. The van der Waals surface area contributed by atoms with Crippen molar-refractivity contribution in [1.82, 2.24) is 5.32 Å². The van der Waals surface area contributed by atoms with E-state index in [0.29, 0.717) is 18.0 Å². The van der Waals surface area contributed by atoms with E-state index in [2.05, 4.69) is 5.32 Å². The second-order valence-electron chi connectivity index (χ2n) is 5.61. The number of benzene rings is 1. The number of aryl methyl sites for hydroxylation is 2. The quantitative estimate of drug-likeness (QED) is 0.750. The molecule has 0 heterocycles. The molecule has 108 valence electrons. The van der Waals surface area contributed by atoms with Crippen LogP contribution < -0.4 is 5.32 Å². The summed E-state index contributed by atoms with van der Waals surface area (Å²) in [6.45, 7) is 3.91. The van der Waals surface area contributed by atoms with Gasteiger partial charge in [-0.05, 0) is 38.7 Å². The molecule has 1 aliphatic rings. The van der Waals surface area contributed by atoms with Crippen molar-refractivity contribution in [2.24, 2.45) is 0 Å². The number of carboxylic acid groups (broad SMARTS) is 1. The maximum atomic E-state index is 12.6. The molecule has 0 bridgehead atoms. The summed E-state index contributed by atoms with van der Waals surface area (Å²) in [6.07, 6.45) is 2.51. The van der Waals surface area contributed by atoms with E-state index in [1.807, 2.05) is 32.0 Å². The van der Waals surface area contributed by atoms with Gasteiger partial charge in [-0.25, -0.2) is 0 Å². The second kappa shape index (κ2) is 6.18. The molecule has 1 atom stereocenters. The van der Waals surface area contributed by atoms with E-state index in [1.54, 1.807) is 0 Å². The minimum Gasteiger partial charge on any atom is -0.481 e. The summed E-state index contributed by atoms with van der Waals surface area (Å²) in [7, 11) is 0. The SMILES string of the molecule is Cc1ccc(C(=O)C(CCC(=O)O)NC2CC2)c(C)c1. The van der Waals surface area contributed by atoms with Crippen LogP contribution in [0.15, 0.2) is 18.2 Å². The minimum absolute atomic E-state index is 0.00986. The summed E-state index contributed by atoms with van der Waals surface area (Å²) in [5, 5.41) is 12.1. The first kappa shape index (κ1) is 14.7. The molecule has 4 nitrogen and oxygen atoms in total. The monoisotopic (exact) mass is 275 g/mol. The molecule has 2 rings (SSSR count). The largest absolute Gasteiger partial charge is 0.481 e. The Morgan fingerprint density at radius 1 is 1.35 bits per heavy atom. The number of nitrogens with one attached hydrogen (secondary N) is 1. The van der Waals surface area contributed by atoms with Crippen LogP contribution >= 0.6 is 0 Å². The molecule has 0 aliphatic heterocycles. The van der Waals surface area contributed by atoms with Crippen molar-refractivity contribution in [3.8, 4) is 0 Å². The number of rotatable bonds is 7. The molecular weight excluding hydrogens is 254 g/mol. The van der Waals surface area contributed by atoms with Crippen molar-refractivity contribution >= 4 is 11.8 Å². The maximum Gasteiger partial charge on any atom is 0.303 e. The van der Waals surface area contributed by atoms with E-state index >= 15 is 0 Å². The lowest BCUT2D eigenvalue weighted by molar-refractivity contribution is -0.137. The van der Waals surface area contributed by atoms with Gasteiger partial charge in [-0.3, -0.25) is 9.59 Å². The Morgan fingerprint density at radius 3 is 2.60 bits per heavy atom. The molecule has 2 N–H and O–H groups in total. The third-order valence-corrected chi connectivity index (χ3v) is 3.62. The lowest BCUT2D eigenvalue weighted by Gasteiger charge is -2.18. The number of carbonyl (C=O) groups excluding carboxylic acids is 1. The third kappa shape index (κ3) is 3.90. The van der Waals surface area contributed by atoms with Gasteiger partial charge in [0.15, 0.2) is 5.78 Å². The van der Waals surface area contributed by atoms with Crippen LogP contribution in [0.3, 0.4) is 0 Å². The van der Waals surface area contributed by atoms with Crippen LogP contribution in [0.5, 0.6) is 0 Å². The van der Waals surface area contributed by atoms with Gasteiger partial charge in [-0.2, -0.15) is 0 Å². The topological polar surface area (TPSA) is 66.4 Å². The zero-order valence-electron chi connectivity index (χ0n) is 12.0. The smallest absolute Gasteiger partial charge is 0.303 e. The summed E-state index contributed by atoms with van der Waals surface area (Å²) in [4.78, 5) is 23.3. The molecule has 0 saturated heterocycles. The molecule has 0 amide bonds. The van der Waals surface area contributed by atoms with Crippen LogP contribution in [0.25, 0.3) is 0 Å². The third-order valence-electron chi connectivity index (χ3n) is 3.62. The summed E-state index contributed by atoms with van der Waals surface area (Å²) < 4.78 is 0. The van der Waals surface area contributed by atoms with E-state index in [4.69, 9.17) is 5.11 Å². The number of carboxylic acids is 1. The summed E-state index contributed by atoms with van der Waals surface area (Å²) in [5.74, 6) is -0.850. The van der Waals surface area contributed by atoms with Gasteiger partial charge < -0.3 is 10.4 Å². The Bertz CT molecular complexity index is 520. The molecule has 1 aromatic carbocycles. The second-order valence-corrected chi connectivity index (χ2v) is 5.61. The normalized spacial score (nSPS) is 15.9. The van der Waals surface area contributed by atoms with Gasteiger partial charge in [0.1, 0.15) is 0 Å². The highest BCUT2D eigenvalue weighted by Crippen LogP contribution is 2.22. The minimum atomic E-state index is -0.860. The van der Waals surface area contributed by atoms with Crippen molar-refractivity contribution in [2.45, 2.75) is 51.6 Å². The van der Waals surface area contributed by atoms with E-state index < -0.39 is 5.97 Å². The zero-order valence-corrected chi connectivity index (χ0v) is 12.0. The first-order valence-electron chi connectivity index (χ1n) is 7.06. The highest BCUT2D eigenvalue weighted by Gasteiger charge is 2.29. The molecule has 20 heavy (non-hydrogen) atoms. The average Bonchev–Trinajstić information content (AvgIpc) is 3.17. The van der Waals surface area contributed by atoms with Crippen LogP contribution in [-0.2, 0) is 4.79 Å². The molecule has 1 saturated carbocycles. The number of hydrogen-bond donors (Lipinski definition) is 2. The van der Waals surface area contributed by atoms with Gasteiger partial charge in [0.05, 0.1) is 6.04 Å². The van der Waals surface area contributed by atoms with E-state index in [-0.39, 0.29) is 18.2 Å². The number of aliphatic carboxylic acids is 1. The van der Waals surface area contributed by atoms with Crippen LogP contribution in [-0.4, -0.2) is 28.9 Å². The van der Waals surface area contributed by atoms with Crippen LogP contribution in [0.2, 0.25) is 0 Å². The number of carbonyl (C=O) groups is 2. The summed E-state index contributed by atoms with van der Waals surface area (Å²) >= 11 is 0. The maximum absolute atomic E-state index is 12.6. The Morgan fingerprint density at radius 2 is 2.05 bits per heavy atom. The van der Waals surface area contributed by atoms with Gasteiger partial charge in [0.2, 0.25) is 0 Å². The lowest BCUT2D eigenvalue weighted by Crippen LogP contribution is -2.39. The van der Waals surface area contributed by atoms with Gasteiger partial charge in [0.25, 0.3) is 0 Å². The molecule has 1 unspecified atom stereocenters. The fourth-order valence-corrected chi connectivity index (χ4v) is 2.37. The summed E-state index contributed by atoms with van der Waals surface area (Å²) in [5.41, 5.74) is 2.77. The molecular formula is C16H21NO3. The molecule has 0 spiro atoms. The number of ketones is 1. The van der Waals surface area contributed by atoms with Gasteiger partial charge in [-0.1, -0.05) is 23.8 Å². The Hall–Kier alpha value is -1.68. The molecule has 1 aromatic rings. The zero-order chi connectivity index (χ0) is 14.7. The molecule has 1 aliphatic carbocycles. The lowest BCUT2D eigenvalue weighted by atomic mass is 9.95. The Balaban J connectivity index is 2.13. The summed E-state index contributed by atoms with van der Waals surface area (Å²) in [6, 6.07) is 5.74. The Kier molecular flexibility index (Phi) is 4.55. The first-order valence-corrected chi connectivity index (χ1v) is 7.06. The van der Waals surface area contributed by atoms with E-state index in [9.17, 15) is 9.59 Å². The van der Waals surface area contributed by atoms with Crippen LogP contribution in [0, 0.1) is 13.8 Å². The van der Waals surface area contributed by atoms with Crippen LogP contribution in [0.1, 0.15) is 47.2 Å². The van der Waals surface area contributed by atoms with Crippen molar-refractivity contribution in [2.75, 3.05) is 0 Å². The Labute approximate surface area is 119 Å².